The average molecular weight is 442 g/mol. The van der Waals surface area contributed by atoms with E-state index < -0.39 is 5.76 Å². The molecule has 0 saturated carbocycles. The Bertz CT molecular complexity index is 1110. The van der Waals surface area contributed by atoms with E-state index >= 15 is 0 Å². The number of para-hydroxylation sites is 2. The molecule has 4 rings (SSSR count). The average Bonchev–Trinajstić information content (AvgIpc) is 3.41. The first-order valence-electron chi connectivity index (χ1n) is 10.7. The lowest BCUT2D eigenvalue weighted by molar-refractivity contribution is -0.127. The molecule has 1 saturated heterocycles. The molecule has 1 N–H and O–H groups in total. The second-order valence-corrected chi connectivity index (χ2v) is 9.30. The summed E-state index contributed by atoms with van der Waals surface area (Å²) in [4.78, 5) is 40.4. The monoisotopic (exact) mass is 441 g/mol. The summed E-state index contributed by atoms with van der Waals surface area (Å²) in [6.07, 6.45) is 1.28. The summed E-state index contributed by atoms with van der Waals surface area (Å²) in [5.41, 5.74) is 1.27. The van der Waals surface area contributed by atoms with E-state index in [9.17, 15) is 14.4 Å². The molecule has 8 heteroatoms. The number of aromatic nitrogens is 1. The summed E-state index contributed by atoms with van der Waals surface area (Å²) in [7, 11) is 0. The molecule has 1 aliphatic rings. The van der Waals surface area contributed by atoms with Crippen LogP contribution in [0, 0.1) is 11.8 Å². The highest BCUT2D eigenvalue weighted by Gasteiger charge is 2.30. The molecule has 0 radical (unpaired) electrons. The van der Waals surface area contributed by atoms with Crippen LogP contribution in [-0.2, 0) is 11.3 Å². The first kappa shape index (κ1) is 21.4. The van der Waals surface area contributed by atoms with Crippen LogP contribution in [0.2, 0.25) is 0 Å². The zero-order valence-electron chi connectivity index (χ0n) is 17.7. The smallest absolute Gasteiger partial charge is 0.408 e. The molecule has 164 valence electrons. The quantitative estimate of drug-likeness (QED) is 0.636. The van der Waals surface area contributed by atoms with Crippen LogP contribution in [0.3, 0.4) is 0 Å². The van der Waals surface area contributed by atoms with Gasteiger partial charge in [0.15, 0.2) is 5.58 Å². The molecule has 1 fully saturated rings. The minimum atomic E-state index is -0.415. The lowest BCUT2D eigenvalue weighted by Gasteiger charge is -2.32. The highest BCUT2D eigenvalue weighted by atomic mass is 32.1. The second-order valence-electron chi connectivity index (χ2n) is 8.35. The van der Waals surface area contributed by atoms with Crippen LogP contribution in [0.4, 0.5) is 0 Å². The highest BCUT2D eigenvalue weighted by Crippen LogP contribution is 2.22. The van der Waals surface area contributed by atoms with E-state index in [1.807, 2.05) is 54.5 Å². The standard InChI is InChI=1S/C23H27N3O4S/c1-15(2)17(14-26-18-6-3-4-7-19(18)30-23(26)29)24-21(27)16-9-11-25(12-10-16)22(28)20-8-5-13-31-20/h3-8,13,15-17H,9-12,14H2,1-2H3,(H,24,27)/t17-/m0/s1. The molecule has 0 bridgehead atoms. The van der Waals surface area contributed by atoms with E-state index in [-0.39, 0.29) is 29.7 Å². The first-order chi connectivity index (χ1) is 14.9. The van der Waals surface area contributed by atoms with E-state index in [2.05, 4.69) is 5.32 Å². The largest absolute Gasteiger partial charge is 0.420 e. The molecule has 2 aromatic heterocycles. The summed E-state index contributed by atoms with van der Waals surface area (Å²) in [5.74, 6) is -0.374. The number of thiophene rings is 1. The predicted octanol–water partition coefficient (Wildman–Crippen LogP) is 3.35. The van der Waals surface area contributed by atoms with Gasteiger partial charge in [0.05, 0.1) is 10.4 Å². The van der Waals surface area contributed by atoms with Crippen LogP contribution in [0.1, 0.15) is 36.4 Å². The number of carbonyl (C=O) groups excluding carboxylic acids is 2. The molecule has 7 nitrogen and oxygen atoms in total. The Kier molecular flexibility index (Phi) is 6.27. The molecular weight excluding hydrogens is 414 g/mol. The van der Waals surface area contributed by atoms with Crippen LogP contribution >= 0.6 is 11.3 Å². The first-order valence-corrected chi connectivity index (χ1v) is 11.5. The van der Waals surface area contributed by atoms with Crippen molar-refractivity contribution in [3.8, 4) is 0 Å². The Morgan fingerprint density at radius 1 is 1.16 bits per heavy atom. The number of nitrogens with zero attached hydrogens (tertiary/aromatic N) is 2. The van der Waals surface area contributed by atoms with Crippen molar-refractivity contribution in [2.75, 3.05) is 13.1 Å². The number of amides is 2. The molecule has 3 heterocycles. The summed E-state index contributed by atoms with van der Waals surface area (Å²) in [6.45, 7) is 5.57. The molecule has 3 aromatic rings. The van der Waals surface area contributed by atoms with E-state index in [1.165, 1.54) is 11.3 Å². The third-order valence-electron chi connectivity index (χ3n) is 5.97. The SMILES string of the molecule is CC(C)[C@H](Cn1c(=O)oc2ccccc21)NC(=O)C1CCN(C(=O)c2cccs2)CC1. The minimum absolute atomic E-state index is 0.0113. The van der Waals surface area contributed by atoms with E-state index in [1.54, 1.807) is 10.6 Å². The lowest BCUT2D eigenvalue weighted by atomic mass is 9.94. The van der Waals surface area contributed by atoms with Crippen LogP contribution in [0.15, 0.2) is 51.0 Å². The number of hydrogen-bond donors (Lipinski definition) is 1. The van der Waals surface area contributed by atoms with E-state index in [0.29, 0.717) is 38.1 Å². The summed E-state index contributed by atoms with van der Waals surface area (Å²) >= 11 is 1.44. The number of hydrogen-bond acceptors (Lipinski definition) is 5. The van der Waals surface area contributed by atoms with Gasteiger partial charge in [-0.2, -0.15) is 0 Å². The number of fused-ring (bicyclic) bond motifs is 1. The van der Waals surface area contributed by atoms with Gasteiger partial charge in [-0.1, -0.05) is 32.0 Å². The Labute approximate surface area is 184 Å². The molecule has 31 heavy (non-hydrogen) atoms. The van der Waals surface area contributed by atoms with Gasteiger partial charge in [-0.25, -0.2) is 4.79 Å². The molecule has 1 aliphatic heterocycles. The van der Waals surface area contributed by atoms with Crippen molar-refractivity contribution >= 4 is 34.3 Å². The molecule has 1 aromatic carbocycles. The summed E-state index contributed by atoms with van der Waals surface area (Å²) in [6, 6.07) is 10.8. The Balaban J connectivity index is 1.39. The highest BCUT2D eigenvalue weighted by molar-refractivity contribution is 7.12. The number of oxazole rings is 1. The maximum absolute atomic E-state index is 13.0. The maximum atomic E-state index is 13.0. The number of piperidine rings is 1. The van der Waals surface area contributed by atoms with Crippen LogP contribution in [0.5, 0.6) is 0 Å². The van der Waals surface area contributed by atoms with Gasteiger partial charge >= 0.3 is 5.76 Å². The van der Waals surface area contributed by atoms with Crippen molar-refractivity contribution < 1.29 is 14.0 Å². The third-order valence-corrected chi connectivity index (χ3v) is 6.83. The number of nitrogens with one attached hydrogen (secondary N) is 1. The predicted molar refractivity (Wildman–Crippen MR) is 120 cm³/mol. The fourth-order valence-corrected chi connectivity index (χ4v) is 4.70. The fourth-order valence-electron chi connectivity index (χ4n) is 4.01. The van der Waals surface area contributed by atoms with Crippen LogP contribution in [0.25, 0.3) is 11.1 Å². The van der Waals surface area contributed by atoms with Gasteiger partial charge in [-0.3, -0.25) is 14.2 Å². The Hall–Kier alpha value is -2.87. The molecular formula is C23H27N3O4S. The number of rotatable bonds is 6. The van der Waals surface area contributed by atoms with Gasteiger partial charge in [0.1, 0.15) is 0 Å². The minimum Gasteiger partial charge on any atom is -0.408 e. The molecule has 2 amide bonds. The van der Waals surface area contributed by atoms with Gasteiger partial charge in [-0.05, 0) is 42.3 Å². The number of benzene rings is 1. The maximum Gasteiger partial charge on any atom is 0.420 e. The molecule has 0 aliphatic carbocycles. The zero-order valence-corrected chi connectivity index (χ0v) is 18.6. The van der Waals surface area contributed by atoms with Gasteiger partial charge < -0.3 is 14.6 Å². The van der Waals surface area contributed by atoms with Crippen molar-refractivity contribution in [1.82, 2.24) is 14.8 Å². The van der Waals surface area contributed by atoms with Gasteiger partial charge in [0, 0.05) is 31.6 Å². The third kappa shape index (κ3) is 4.58. The normalized spacial score (nSPS) is 16.0. The Morgan fingerprint density at radius 3 is 2.58 bits per heavy atom. The van der Waals surface area contributed by atoms with Crippen molar-refractivity contribution in [2.24, 2.45) is 11.8 Å². The lowest BCUT2D eigenvalue weighted by Crippen LogP contribution is -2.48. The van der Waals surface area contributed by atoms with Crippen molar-refractivity contribution in [3.63, 3.8) is 0 Å². The van der Waals surface area contributed by atoms with E-state index in [4.69, 9.17) is 4.42 Å². The summed E-state index contributed by atoms with van der Waals surface area (Å²) < 4.78 is 6.91. The number of likely N-dealkylation sites (tertiary alicyclic amines) is 1. The van der Waals surface area contributed by atoms with Gasteiger partial charge in [0.25, 0.3) is 5.91 Å². The topological polar surface area (TPSA) is 84.6 Å². The molecule has 0 spiro atoms. The van der Waals surface area contributed by atoms with Crippen molar-refractivity contribution in [3.05, 3.63) is 57.2 Å². The number of carbonyl (C=O) groups is 2. The molecule has 1 atom stereocenters. The van der Waals surface area contributed by atoms with Crippen LogP contribution in [-0.4, -0.2) is 40.4 Å². The van der Waals surface area contributed by atoms with Crippen LogP contribution < -0.4 is 11.1 Å². The van der Waals surface area contributed by atoms with Crippen molar-refractivity contribution in [2.45, 2.75) is 39.3 Å². The second kappa shape index (κ2) is 9.09. The molecule has 0 unspecified atom stereocenters. The zero-order chi connectivity index (χ0) is 22.0. The van der Waals surface area contributed by atoms with Gasteiger partial charge in [-0.15, -0.1) is 11.3 Å². The Morgan fingerprint density at radius 2 is 1.90 bits per heavy atom. The fraction of sp³-hybridized carbons (Fsp3) is 0.435. The summed E-state index contributed by atoms with van der Waals surface area (Å²) in [5, 5.41) is 5.04. The van der Waals surface area contributed by atoms with Gasteiger partial charge in [0.2, 0.25) is 5.91 Å². The van der Waals surface area contributed by atoms with E-state index in [0.717, 1.165) is 10.4 Å². The van der Waals surface area contributed by atoms with Crippen molar-refractivity contribution in [1.29, 1.82) is 0 Å².